The van der Waals surface area contributed by atoms with Crippen molar-refractivity contribution >= 4 is 34.4 Å². The van der Waals surface area contributed by atoms with E-state index in [0.29, 0.717) is 36.0 Å². The number of halogens is 1. The number of carboxylic acids is 1. The average Bonchev–Trinajstić information content (AvgIpc) is 3.45. The molecule has 6 heteroatoms. The van der Waals surface area contributed by atoms with Crippen LogP contribution >= 0.6 is 11.6 Å². The van der Waals surface area contributed by atoms with E-state index in [1.807, 2.05) is 19.1 Å². The summed E-state index contributed by atoms with van der Waals surface area (Å²) < 4.78 is 0. The standard InChI is InChI=1S/C20H21ClN2O3/c1-11-10-23(7-6-14(11)20(25)26)19(24)16-9-18(12-2-3-12)22-17-5-4-13(21)8-15(16)17/h4-5,8-9,11-12,14H,2-3,6-7,10H2,1H3,(H,25,26). The summed E-state index contributed by atoms with van der Waals surface area (Å²) in [6.07, 6.45) is 2.71. The number of benzene rings is 1. The first-order chi connectivity index (χ1) is 12.4. The third-order valence-corrected chi connectivity index (χ3v) is 5.76. The minimum Gasteiger partial charge on any atom is -0.481 e. The van der Waals surface area contributed by atoms with Crippen LogP contribution in [0.4, 0.5) is 0 Å². The van der Waals surface area contributed by atoms with Crippen molar-refractivity contribution in [3.8, 4) is 0 Å². The molecule has 2 fully saturated rings. The van der Waals surface area contributed by atoms with Gasteiger partial charge in [0.2, 0.25) is 0 Å². The van der Waals surface area contributed by atoms with Crippen molar-refractivity contribution in [3.05, 3.63) is 40.5 Å². The molecule has 1 aromatic heterocycles. The number of carbonyl (C=O) groups excluding carboxylic acids is 1. The Hall–Kier alpha value is -2.14. The van der Waals surface area contributed by atoms with E-state index in [1.54, 1.807) is 17.0 Å². The summed E-state index contributed by atoms with van der Waals surface area (Å²) in [7, 11) is 0. The van der Waals surface area contributed by atoms with Gasteiger partial charge in [-0.3, -0.25) is 14.6 Å². The number of fused-ring (bicyclic) bond motifs is 1. The number of rotatable bonds is 3. The molecule has 5 nitrogen and oxygen atoms in total. The Bertz CT molecular complexity index is 894. The molecule has 1 aliphatic heterocycles. The highest BCUT2D eigenvalue weighted by Crippen LogP contribution is 2.40. The average molecular weight is 373 g/mol. The van der Waals surface area contributed by atoms with Crippen molar-refractivity contribution in [3.63, 3.8) is 0 Å². The number of pyridine rings is 1. The highest BCUT2D eigenvalue weighted by molar-refractivity contribution is 6.31. The SMILES string of the molecule is CC1CN(C(=O)c2cc(C3CC3)nc3ccc(Cl)cc23)CCC1C(=O)O. The summed E-state index contributed by atoms with van der Waals surface area (Å²) in [5.74, 6) is -0.841. The smallest absolute Gasteiger partial charge is 0.306 e. The second-order valence-electron chi connectivity index (χ2n) is 7.49. The molecule has 2 unspecified atom stereocenters. The Balaban J connectivity index is 1.70. The minimum atomic E-state index is -0.776. The zero-order chi connectivity index (χ0) is 18.4. The Morgan fingerprint density at radius 3 is 2.65 bits per heavy atom. The molecule has 0 spiro atoms. The first kappa shape index (κ1) is 17.3. The van der Waals surface area contributed by atoms with Gasteiger partial charge in [-0.2, -0.15) is 0 Å². The fourth-order valence-electron chi connectivity index (χ4n) is 3.85. The van der Waals surface area contributed by atoms with Crippen LogP contribution in [0.2, 0.25) is 5.02 Å². The van der Waals surface area contributed by atoms with Crippen molar-refractivity contribution in [2.75, 3.05) is 13.1 Å². The van der Waals surface area contributed by atoms with Crippen LogP contribution in [0, 0.1) is 11.8 Å². The Morgan fingerprint density at radius 1 is 1.23 bits per heavy atom. The summed E-state index contributed by atoms with van der Waals surface area (Å²) >= 11 is 6.15. The molecular weight excluding hydrogens is 352 g/mol. The van der Waals surface area contributed by atoms with E-state index >= 15 is 0 Å². The van der Waals surface area contributed by atoms with Gasteiger partial charge in [0.15, 0.2) is 0 Å². The molecule has 26 heavy (non-hydrogen) atoms. The van der Waals surface area contributed by atoms with Crippen LogP contribution in [0.5, 0.6) is 0 Å². The van der Waals surface area contributed by atoms with E-state index in [0.717, 1.165) is 29.4 Å². The van der Waals surface area contributed by atoms with E-state index in [1.165, 1.54) is 0 Å². The Morgan fingerprint density at radius 2 is 2.00 bits per heavy atom. The molecule has 2 aliphatic rings. The zero-order valence-corrected chi connectivity index (χ0v) is 15.4. The van der Waals surface area contributed by atoms with Crippen molar-refractivity contribution in [1.29, 1.82) is 0 Å². The molecule has 1 N–H and O–H groups in total. The molecule has 1 amide bonds. The molecule has 1 saturated heterocycles. The van der Waals surface area contributed by atoms with Gasteiger partial charge in [0.25, 0.3) is 5.91 Å². The lowest BCUT2D eigenvalue weighted by Crippen LogP contribution is -2.45. The zero-order valence-electron chi connectivity index (χ0n) is 14.6. The molecule has 0 bridgehead atoms. The summed E-state index contributed by atoms with van der Waals surface area (Å²) in [6, 6.07) is 7.36. The second-order valence-corrected chi connectivity index (χ2v) is 7.93. The number of nitrogens with zero attached hydrogens (tertiary/aromatic N) is 2. The number of aliphatic carboxylic acids is 1. The van der Waals surface area contributed by atoms with Crippen molar-refractivity contribution < 1.29 is 14.7 Å². The van der Waals surface area contributed by atoms with Gasteiger partial charge in [-0.05, 0) is 49.4 Å². The van der Waals surface area contributed by atoms with Gasteiger partial charge in [0.1, 0.15) is 0 Å². The largest absolute Gasteiger partial charge is 0.481 e. The monoisotopic (exact) mass is 372 g/mol. The van der Waals surface area contributed by atoms with Crippen LogP contribution < -0.4 is 0 Å². The van der Waals surface area contributed by atoms with Crippen LogP contribution in [0.3, 0.4) is 0 Å². The predicted molar refractivity (Wildman–Crippen MR) is 99.5 cm³/mol. The van der Waals surface area contributed by atoms with Gasteiger partial charge in [0.05, 0.1) is 17.0 Å². The van der Waals surface area contributed by atoms with Crippen LogP contribution in [-0.2, 0) is 4.79 Å². The number of amides is 1. The maximum absolute atomic E-state index is 13.2. The fraction of sp³-hybridized carbons (Fsp3) is 0.450. The lowest BCUT2D eigenvalue weighted by atomic mass is 9.86. The highest BCUT2D eigenvalue weighted by Gasteiger charge is 2.34. The first-order valence-corrected chi connectivity index (χ1v) is 9.44. The number of carbonyl (C=O) groups is 2. The molecule has 1 aromatic carbocycles. The second kappa shape index (κ2) is 6.54. The summed E-state index contributed by atoms with van der Waals surface area (Å²) in [5.41, 5.74) is 2.38. The number of likely N-dealkylation sites (tertiary alicyclic amines) is 1. The third kappa shape index (κ3) is 3.16. The van der Waals surface area contributed by atoms with Gasteiger partial charge in [-0.25, -0.2) is 0 Å². The van der Waals surface area contributed by atoms with Gasteiger partial charge >= 0.3 is 5.97 Å². The molecule has 1 saturated carbocycles. The van der Waals surface area contributed by atoms with Crippen LogP contribution in [0.25, 0.3) is 10.9 Å². The van der Waals surface area contributed by atoms with Crippen molar-refractivity contribution in [2.45, 2.75) is 32.1 Å². The highest BCUT2D eigenvalue weighted by atomic mass is 35.5. The van der Waals surface area contributed by atoms with Crippen molar-refractivity contribution in [2.24, 2.45) is 11.8 Å². The summed E-state index contributed by atoms with van der Waals surface area (Å²) in [4.78, 5) is 31.1. The summed E-state index contributed by atoms with van der Waals surface area (Å²) in [5, 5.41) is 10.6. The van der Waals surface area contributed by atoms with E-state index in [9.17, 15) is 14.7 Å². The van der Waals surface area contributed by atoms with Gasteiger partial charge in [0, 0.05) is 35.1 Å². The molecule has 2 aromatic rings. The van der Waals surface area contributed by atoms with Crippen LogP contribution in [-0.4, -0.2) is 40.0 Å². The van der Waals surface area contributed by atoms with Crippen LogP contribution in [0.1, 0.15) is 48.2 Å². The van der Waals surface area contributed by atoms with E-state index in [4.69, 9.17) is 16.6 Å². The van der Waals surface area contributed by atoms with E-state index in [-0.39, 0.29) is 17.7 Å². The maximum atomic E-state index is 13.2. The normalized spacial score (nSPS) is 23.2. The molecule has 136 valence electrons. The molecule has 2 atom stereocenters. The number of piperidine rings is 1. The number of hydrogen-bond acceptors (Lipinski definition) is 3. The molecular formula is C20H21ClN2O3. The van der Waals surface area contributed by atoms with Crippen LogP contribution in [0.15, 0.2) is 24.3 Å². The van der Waals surface area contributed by atoms with E-state index < -0.39 is 5.97 Å². The fourth-order valence-corrected chi connectivity index (χ4v) is 4.02. The first-order valence-electron chi connectivity index (χ1n) is 9.06. The predicted octanol–water partition coefficient (Wildman–Crippen LogP) is 3.95. The van der Waals surface area contributed by atoms with E-state index in [2.05, 4.69) is 0 Å². The molecule has 1 aliphatic carbocycles. The maximum Gasteiger partial charge on any atom is 0.306 e. The number of hydrogen-bond donors (Lipinski definition) is 1. The Labute approximate surface area is 157 Å². The minimum absolute atomic E-state index is 0.0581. The third-order valence-electron chi connectivity index (χ3n) is 5.53. The molecule has 2 heterocycles. The van der Waals surface area contributed by atoms with Gasteiger partial charge in [-0.15, -0.1) is 0 Å². The lowest BCUT2D eigenvalue weighted by Gasteiger charge is -2.35. The molecule has 0 radical (unpaired) electrons. The lowest BCUT2D eigenvalue weighted by molar-refractivity contribution is -0.145. The van der Waals surface area contributed by atoms with Crippen molar-refractivity contribution in [1.82, 2.24) is 9.88 Å². The summed E-state index contributed by atoms with van der Waals surface area (Å²) in [6.45, 7) is 2.82. The number of aromatic nitrogens is 1. The molecule has 4 rings (SSSR count). The number of carboxylic acid groups (broad SMARTS) is 1. The Kier molecular flexibility index (Phi) is 4.35. The quantitative estimate of drug-likeness (QED) is 0.885. The van der Waals surface area contributed by atoms with Gasteiger partial charge in [-0.1, -0.05) is 18.5 Å². The topological polar surface area (TPSA) is 70.5 Å². The van der Waals surface area contributed by atoms with Gasteiger partial charge < -0.3 is 10.0 Å².